The van der Waals surface area contributed by atoms with E-state index in [0.29, 0.717) is 5.02 Å². The van der Waals surface area contributed by atoms with Crippen molar-refractivity contribution in [2.75, 3.05) is 6.54 Å². The molecule has 2 atom stereocenters. The summed E-state index contributed by atoms with van der Waals surface area (Å²) in [7, 11) is 0. The Labute approximate surface area is 131 Å². The first-order chi connectivity index (χ1) is 9.78. The van der Waals surface area contributed by atoms with Gasteiger partial charge in [-0.3, -0.25) is 4.79 Å². The topological polar surface area (TPSA) is 64.9 Å². The highest BCUT2D eigenvalue weighted by Gasteiger charge is 2.29. The fourth-order valence-electron chi connectivity index (χ4n) is 1.77. The minimum atomic E-state index is -0.849. The van der Waals surface area contributed by atoms with E-state index in [1.54, 1.807) is 6.92 Å². The van der Waals surface area contributed by atoms with Crippen molar-refractivity contribution in [2.45, 2.75) is 39.3 Å². The van der Waals surface area contributed by atoms with Gasteiger partial charge in [0.1, 0.15) is 5.54 Å². The van der Waals surface area contributed by atoms with Gasteiger partial charge >= 0.3 is 0 Å². The molecular formula is C16H22ClN3O. The number of carbonyl (C=O) groups is 1. The summed E-state index contributed by atoms with van der Waals surface area (Å²) in [6.45, 7) is 7.66. The molecule has 2 N–H and O–H groups in total. The third-order valence-corrected chi connectivity index (χ3v) is 3.94. The van der Waals surface area contributed by atoms with Crippen LogP contribution in [0.2, 0.25) is 5.02 Å². The minimum absolute atomic E-state index is 0.00171. The van der Waals surface area contributed by atoms with Gasteiger partial charge in [-0.1, -0.05) is 37.6 Å². The SMILES string of the molecule is CC(C)[C@](C)(C#N)NC(=O)CN[C@H](C)c1cccc(Cl)c1. The number of carbonyl (C=O) groups excluding carboxylic acids is 1. The van der Waals surface area contributed by atoms with E-state index >= 15 is 0 Å². The highest BCUT2D eigenvalue weighted by atomic mass is 35.5. The van der Waals surface area contributed by atoms with Crippen LogP contribution >= 0.6 is 11.6 Å². The zero-order valence-corrected chi connectivity index (χ0v) is 13.7. The van der Waals surface area contributed by atoms with Crippen LogP contribution in [0.5, 0.6) is 0 Å². The number of hydrogen-bond acceptors (Lipinski definition) is 3. The van der Waals surface area contributed by atoms with Crippen molar-refractivity contribution in [3.63, 3.8) is 0 Å². The maximum absolute atomic E-state index is 12.0. The third-order valence-electron chi connectivity index (χ3n) is 3.70. The van der Waals surface area contributed by atoms with Crippen molar-refractivity contribution < 1.29 is 4.79 Å². The van der Waals surface area contributed by atoms with Crippen LogP contribution in [-0.4, -0.2) is 18.0 Å². The molecule has 114 valence electrons. The Morgan fingerprint density at radius 1 is 1.43 bits per heavy atom. The standard InChI is InChI=1S/C16H22ClN3O/c1-11(2)16(4,10-18)20-15(21)9-19-12(3)13-6-5-7-14(17)8-13/h5-8,11-12,19H,9H2,1-4H3,(H,20,21)/t12-,16+/m1/s1. The minimum Gasteiger partial charge on any atom is -0.337 e. The molecule has 0 aliphatic heterocycles. The molecule has 1 aromatic carbocycles. The van der Waals surface area contributed by atoms with Gasteiger partial charge in [0.25, 0.3) is 0 Å². The van der Waals surface area contributed by atoms with Gasteiger partial charge in [-0.25, -0.2) is 0 Å². The van der Waals surface area contributed by atoms with E-state index in [4.69, 9.17) is 11.6 Å². The fraction of sp³-hybridized carbons (Fsp3) is 0.500. The summed E-state index contributed by atoms with van der Waals surface area (Å²) in [5, 5.41) is 15.8. The number of nitrogens with one attached hydrogen (secondary N) is 2. The average molecular weight is 308 g/mol. The van der Waals surface area contributed by atoms with E-state index < -0.39 is 5.54 Å². The predicted molar refractivity (Wildman–Crippen MR) is 84.9 cm³/mol. The Hall–Kier alpha value is -1.57. The zero-order valence-electron chi connectivity index (χ0n) is 12.9. The number of nitriles is 1. The van der Waals surface area contributed by atoms with Crippen LogP contribution in [0, 0.1) is 17.2 Å². The van der Waals surface area contributed by atoms with Crippen molar-refractivity contribution in [1.82, 2.24) is 10.6 Å². The van der Waals surface area contributed by atoms with Crippen molar-refractivity contribution in [1.29, 1.82) is 5.26 Å². The molecule has 0 aliphatic carbocycles. The maximum Gasteiger partial charge on any atom is 0.235 e. The number of hydrogen-bond donors (Lipinski definition) is 2. The second-order valence-electron chi connectivity index (χ2n) is 5.67. The quantitative estimate of drug-likeness (QED) is 0.849. The smallest absolute Gasteiger partial charge is 0.235 e. The normalized spacial score (nSPS) is 15.1. The number of nitrogens with zero attached hydrogens (tertiary/aromatic N) is 1. The first-order valence-corrected chi connectivity index (χ1v) is 7.37. The molecule has 4 nitrogen and oxygen atoms in total. The molecule has 0 fully saturated rings. The van der Waals surface area contributed by atoms with Gasteiger partial charge in [0.15, 0.2) is 0 Å². The zero-order chi connectivity index (χ0) is 16.0. The molecule has 1 aromatic rings. The summed E-state index contributed by atoms with van der Waals surface area (Å²) in [5.74, 6) is -0.154. The molecule has 1 rings (SSSR count). The van der Waals surface area contributed by atoms with Crippen LogP contribution in [0.4, 0.5) is 0 Å². The van der Waals surface area contributed by atoms with Crippen molar-refractivity contribution in [3.8, 4) is 6.07 Å². The Morgan fingerprint density at radius 3 is 2.62 bits per heavy atom. The lowest BCUT2D eigenvalue weighted by atomic mass is 9.90. The van der Waals surface area contributed by atoms with Gasteiger partial charge in [0.2, 0.25) is 5.91 Å². The Kier molecular flexibility index (Phi) is 6.19. The van der Waals surface area contributed by atoms with Crippen LogP contribution in [0.15, 0.2) is 24.3 Å². The molecule has 0 radical (unpaired) electrons. The molecule has 1 amide bonds. The molecule has 5 heteroatoms. The second-order valence-corrected chi connectivity index (χ2v) is 6.11. The Bertz CT molecular complexity index is 539. The number of amides is 1. The molecular weight excluding hydrogens is 286 g/mol. The van der Waals surface area contributed by atoms with Crippen LogP contribution in [0.1, 0.15) is 39.3 Å². The van der Waals surface area contributed by atoms with Gasteiger partial charge < -0.3 is 10.6 Å². The summed E-state index contributed by atoms with van der Waals surface area (Å²) < 4.78 is 0. The van der Waals surface area contributed by atoms with E-state index in [9.17, 15) is 10.1 Å². The van der Waals surface area contributed by atoms with Gasteiger partial charge in [-0.2, -0.15) is 5.26 Å². The fourth-order valence-corrected chi connectivity index (χ4v) is 1.97. The average Bonchev–Trinajstić information content (AvgIpc) is 2.44. The molecule has 0 aromatic heterocycles. The summed E-state index contributed by atoms with van der Waals surface area (Å²) in [6, 6.07) is 9.67. The second kappa shape index (κ2) is 7.44. The van der Waals surface area contributed by atoms with E-state index in [-0.39, 0.29) is 24.4 Å². The van der Waals surface area contributed by atoms with Crippen molar-refractivity contribution >= 4 is 17.5 Å². The van der Waals surface area contributed by atoms with Crippen molar-refractivity contribution in [3.05, 3.63) is 34.9 Å². The summed E-state index contributed by atoms with van der Waals surface area (Å²) >= 11 is 5.95. The lowest BCUT2D eigenvalue weighted by Crippen LogP contribution is -2.51. The van der Waals surface area contributed by atoms with Crippen LogP contribution in [0.25, 0.3) is 0 Å². The Morgan fingerprint density at radius 2 is 2.10 bits per heavy atom. The van der Waals surface area contributed by atoms with E-state index in [1.807, 2.05) is 45.0 Å². The van der Waals surface area contributed by atoms with Gasteiger partial charge in [0.05, 0.1) is 12.6 Å². The predicted octanol–water partition coefficient (Wildman–Crippen LogP) is 3.05. The first-order valence-electron chi connectivity index (χ1n) is 6.99. The largest absolute Gasteiger partial charge is 0.337 e. The Balaban J connectivity index is 2.56. The molecule has 21 heavy (non-hydrogen) atoms. The third kappa shape index (κ3) is 5.04. The molecule has 0 bridgehead atoms. The number of benzene rings is 1. The lowest BCUT2D eigenvalue weighted by Gasteiger charge is -2.27. The summed E-state index contributed by atoms with van der Waals surface area (Å²) in [5.41, 5.74) is 0.167. The van der Waals surface area contributed by atoms with Crippen LogP contribution in [-0.2, 0) is 4.79 Å². The monoisotopic (exact) mass is 307 g/mol. The van der Waals surface area contributed by atoms with E-state index in [0.717, 1.165) is 5.56 Å². The maximum atomic E-state index is 12.0. The molecule has 0 saturated heterocycles. The summed E-state index contributed by atoms with van der Waals surface area (Å²) in [4.78, 5) is 12.0. The van der Waals surface area contributed by atoms with Crippen molar-refractivity contribution in [2.24, 2.45) is 5.92 Å². The lowest BCUT2D eigenvalue weighted by molar-refractivity contribution is -0.122. The van der Waals surface area contributed by atoms with E-state index in [1.165, 1.54) is 0 Å². The van der Waals surface area contributed by atoms with Crippen LogP contribution < -0.4 is 10.6 Å². The molecule has 0 heterocycles. The van der Waals surface area contributed by atoms with Gasteiger partial charge in [0, 0.05) is 11.1 Å². The molecule has 0 saturated carbocycles. The van der Waals surface area contributed by atoms with Gasteiger partial charge in [-0.15, -0.1) is 0 Å². The van der Waals surface area contributed by atoms with E-state index in [2.05, 4.69) is 16.7 Å². The van der Waals surface area contributed by atoms with Crippen LogP contribution in [0.3, 0.4) is 0 Å². The highest BCUT2D eigenvalue weighted by molar-refractivity contribution is 6.30. The first kappa shape index (κ1) is 17.5. The number of halogens is 1. The molecule has 0 spiro atoms. The summed E-state index contributed by atoms with van der Waals surface area (Å²) in [6.07, 6.45) is 0. The number of rotatable bonds is 6. The highest BCUT2D eigenvalue weighted by Crippen LogP contribution is 2.17. The van der Waals surface area contributed by atoms with Gasteiger partial charge in [-0.05, 0) is 37.5 Å². The molecule has 0 aliphatic rings. The molecule has 0 unspecified atom stereocenters.